The van der Waals surface area contributed by atoms with Crippen LogP contribution in [0.5, 0.6) is 0 Å². The van der Waals surface area contributed by atoms with Gasteiger partial charge in [-0.05, 0) is 23.1 Å². The Balaban J connectivity index is 2.88. The second-order valence-corrected chi connectivity index (χ2v) is 6.07. The molecule has 0 bridgehead atoms. The van der Waals surface area contributed by atoms with E-state index in [4.69, 9.17) is 0 Å². The zero-order valence-corrected chi connectivity index (χ0v) is 13.3. The predicted molar refractivity (Wildman–Crippen MR) is 85.5 cm³/mol. The fourth-order valence-electron chi connectivity index (χ4n) is 1.78. The quantitative estimate of drug-likeness (QED) is 0.743. The Morgan fingerprint density at radius 3 is 2.43 bits per heavy atom. The lowest BCUT2D eigenvalue weighted by Gasteiger charge is -2.32. The normalized spacial score (nSPS) is 17.6. The summed E-state index contributed by atoms with van der Waals surface area (Å²) < 4.78 is 0. The summed E-state index contributed by atoms with van der Waals surface area (Å²) in [7, 11) is 1.49. The molecule has 1 rings (SSSR count). The highest BCUT2D eigenvalue weighted by atomic mass is 16.2. The molecule has 1 aliphatic rings. The standard InChI is InChI=1S/C17H24N2O2/c1-7-14(10-8-9-13(2)17(3,4)5)19-12-11-15(20)18(6)16(19)21/h7-10H,1-2,11-12H2,3-6H3/b9-8-,14-10+. The van der Waals surface area contributed by atoms with Gasteiger partial charge in [0.05, 0.1) is 0 Å². The number of hydrogen-bond donors (Lipinski definition) is 0. The molecule has 0 N–H and O–H groups in total. The molecule has 0 spiro atoms. The number of carbonyl (C=O) groups is 2. The van der Waals surface area contributed by atoms with Crippen molar-refractivity contribution in [3.63, 3.8) is 0 Å². The monoisotopic (exact) mass is 288 g/mol. The van der Waals surface area contributed by atoms with Gasteiger partial charge in [0.15, 0.2) is 0 Å². The van der Waals surface area contributed by atoms with Gasteiger partial charge < -0.3 is 0 Å². The lowest BCUT2D eigenvalue weighted by atomic mass is 9.87. The maximum absolute atomic E-state index is 12.1. The van der Waals surface area contributed by atoms with Gasteiger partial charge in [-0.15, -0.1) is 0 Å². The smallest absolute Gasteiger partial charge is 0.293 e. The highest BCUT2D eigenvalue weighted by Gasteiger charge is 2.29. The number of nitrogens with zero attached hydrogens (tertiary/aromatic N) is 2. The second-order valence-electron chi connectivity index (χ2n) is 6.07. The molecule has 0 atom stereocenters. The van der Waals surface area contributed by atoms with Crippen molar-refractivity contribution in [1.82, 2.24) is 9.80 Å². The third kappa shape index (κ3) is 4.18. The van der Waals surface area contributed by atoms with E-state index in [1.54, 1.807) is 11.0 Å². The van der Waals surface area contributed by atoms with Gasteiger partial charge in [0.1, 0.15) is 0 Å². The molecule has 1 fully saturated rings. The molecule has 0 saturated carbocycles. The van der Waals surface area contributed by atoms with Crippen molar-refractivity contribution in [2.75, 3.05) is 13.6 Å². The number of rotatable bonds is 4. The van der Waals surface area contributed by atoms with Gasteiger partial charge in [0.25, 0.3) is 0 Å². The van der Waals surface area contributed by atoms with Gasteiger partial charge in [0.2, 0.25) is 5.91 Å². The van der Waals surface area contributed by atoms with E-state index in [1.165, 1.54) is 7.05 Å². The summed E-state index contributed by atoms with van der Waals surface area (Å²) in [6.45, 7) is 14.4. The fraction of sp³-hybridized carbons (Fsp3) is 0.412. The van der Waals surface area contributed by atoms with E-state index >= 15 is 0 Å². The van der Waals surface area contributed by atoms with E-state index < -0.39 is 0 Å². The molecule has 0 aromatic carbocycles. The molecule has 4 nitrogen and oxygen atoms in total. The molecule has 0 aliphatic carbocycles. The van der Waals surface area contributed by atoms with Crippen molar-refractivity contribution in [2.24, 2.45) is 5.41 Å². The Morgan fingerprint density at radius 1 is 1.29 bits per heavy atom. The summed E-state index contributed by atoms with van der Waals surface area (Å²) in [5.74, 6) is -0.156. The first-order valence-electron chi connectivity index (χ1n) is 6.96. The van der Waals surface area contributed by atoms with Crippen molar-refractivity contribution in [1.29, 1.82) is 0 Å². The molecule has 0 aromatic rings. The highest BCUT2D eigenvalue weighted by Crippen LogP contribution is 2.24. The number of carbonyl (C=O) groups excluding carboxylic acids is 2. The van der Waals surface area contributed by atoms with Crippen molar-refractivity contribution in [3.05, 3.63) is 48.7 Å². The van der Waals surface area contributed by atoms with E-state index in [-0.39, 0.29) is 17.4 Å². The first kappa shape index (κ1) is 17.0. The Labute approximate surface area is 127 Å². The van der Waals surface area contributed by atoms with Crippen LogP contribution in [0.15, 0.2) is 48.7 Å². The van der Waals surface area contributed by atoms with E-state index in [1.807, 2.05) is 18.2 Å². The van der Waals surface area contributed by atoms with Crippen molar-refractivity contribution in [2.45, 2.75) is 27.2 Å². The van der Waals surface area contributed by atoms with Crippen LogP contribution in [-0.4, -0.2) is 35.3 Å². The molecule has 1 saturated heterocycles. The maximum atomic E-state index is 12.1. The molecular formula is C17H24N2O2. The maximum Gasteiger partial charge on any atom is 0.330 e. The Kier molecular flexibility index (Phi) is 5.30. The molecule has 1 aliphatic heterocycles. The number of amides is 3. The van der Waals surface area contributed by atoms with Crippen LogP contribution in [0.4, 0.5) is 4.79 Å². The van der Waals surface area contributed by atoms with Gasteiger partial charge in [-0.3, -0.25) is 14.6 Å². The summed E-state index contributed by atoms with van der Waals surface area (Å²) in [6, 6.07) is -0.319. The summed E-state index contributed by atoms with van der Waals surface area (Å²) in [4.78, 5) is 26.3. The molecule has 0 unspecified atom stereocenters. The average Bonchev–Trinajstić information content (AvgIpc) is 2.41. The summed E-state index contributed by atoms with van der Waals surface area (Å²) in [6.07, 6.45) is 7.53. The van der Waals surface area contributed by atoms with Crippen LogP contribution in [0, 0.1) is 5.41 Å². The molecule has 114 valence electrons. The van der Waals surface area contributed by atoms with E-state index in [2.05, 4.69) is 33.9 Å². The minimum Gasteiger partial charge on any atom is -0.293 e. The van der Waals surface area contributed by atoms with E-state index in [0.29, 0.717) is 18.7 Å². The van der Waals surface area contributed by atoms with Gasteiger partial charge in [-0.2, -0.15) is 0 Å². The topological polar surface area (TPSA) is 40.6 Å². The minimum atomic E-state index is -0.319. The van der Waals surface area contributed by atoms with Crippen LogP contribution in [0.2, 0.25) is 0 Å². The molecule has 3 amide bonds. The lowest BCUT2D eigenvalue weighted by Crippen LogP contribution is -2.49. The van der Waals surface area contributed by atoms with Crippen LogP contribution < -0.4 is 0 Å². The Morgan fingerprint density at radius 2 is 1.90 bits per heavy atom. The third-order valence-corrected chi connectivity index (χ3v) is 3.49. The van der Waals surface area contributed by atoms with Crippen LogP contribution >= 0.6 is 0 Å². The van der Waals surface area contributed by atoms with Crippen molar-refractivity contribution >= 4 is 11.9 Å². The van der Waals surface area contributed by atoms with E-state index in [9.17, 15) is 9.59 Å². The van der Waals surface area contributed by atoms with Crippen LogP contribution in [0.3, 0.4) is 0 Å². The third-order valence-electron chi connectivity index (χ3n) is 3.49. The van der Waals surface area contributed by atoms with Crippen molar-refractivity contribution < 1.29 is 9.59 Å². The van der Waals surface area contributed by atoms with Crippen LogP contribution in [-0.2, 0) is 4.79 Å². The highest BCUT2D eigenvalue weighted by molar-refractivity contribution is 5.97. The minimum absolute atomic E-state index is 0.00621. The predicted octanol–water partition coefficient (Wildman–Crippen LogP) is 3.50. The summed E-state index contributed by atoms with van der Waals surface area (Å²) in [5.41, 5.74) is 1.68. The Bertz CT molecular complexity index is 521. The van der Waals surface area contributed by atoms with Crippen LogP contribution in [0.25, 0.3) is 0 Å². The molecule has 0 radical (unpaired) electrons. The molecule has 1 heterocycles. The average molecular weight is 288 g/mol. The number of hydrogen-bond acceptors (Lipinski definition) is 2. The largest absolute Gasteiger partial charge is 0.330 e. The molecule has 21 heavy (non-hydrogen) atoms. The molecule has 0 aromatic heterocycles. The van der Waals surface area contributed by atoms with Crippen LogP contribution in [0.1, 0.15) is 27.2 Å². The number of urea groups is 1. The molecule has 4 heteroatoms. The molecular weight excluding hydrogens is 264 g/mol. The van der Waals surface area contributed by atoms with Gasteiger partial charge in [0, 0.05) is 25.7 Å². The zero-order valence-electron chi connectivity index (χ0n) is 13.3. The Hall–Kier alpha value is -2.10. The summed E-state index contributed by atoms with van der Waals surface area (Å²) in [5, 5.41) is 0. The zero-order chi connectivity index (χ0) is 16.2. The first-order chi connectivity index (χ1) is 9.68. The van der Waals surface area contributed by atoms with Gasteiger partial charge in [-0.1, -0.05) is 46.1 Å². The van der Waals surface area contributed by atoms with Gasteiger partial charge >= 0.3 is 6.03 Å². The lowest BCUT2D eigenvalue weighted by molar-refractivity contribution is -0.129. The fourth-order valence-corrected chi connectivity index (χ4v) is 1.78. The number of imide groups is 1. The first-order valence-corrected chi connectivity index (χ1v) is 6.96. The number of allylic oxidation sites excluding steroid dienone is 5. The second kappa shape index (κ2) is 6.57. The van der Waals surface area contributed by atoms with E-state index in [0.717, 1.165) is 10.5 Å². The van der Waals surface area contributed by atoms with Crippen molar-refractivity contribution in [3.8, 4) is 0 Å². The van der Waals surface area contributed by atoms with Gasteiger partial charge in [-0.25, -0.2) is 4.79 Å². The summed E-state index contributed by atoms with van der Waals surface area (Å²) >= 11 is 0. The SMILES string of the molecule is C=C/C(=C\C=C/C(=C)C(C)(C)C)N1CCC(=O)N(C)C1=O.